The normalized spacial score (nSPS) is 15.8. The van der Waals surface area contributed by atoms with Gasteiger partial charge >= 0.3 is 12.0 Å². The van der Waals surface area contributed by atoms with Gasteiger partial charge in [-0.3, -0.25) is 9.69 Å². The van der Waals surface area contributed by atoms with Gasteiger partial charge in [0.05, 0.1) is 0 Å². The molecule has 0 spiro atoms. The van der Waals surface area contributed by atoms with Gasteiger partial charge in [0, 0.05) is 31.9 Å². The Bertz CT molecular complexity index is 484. The van der Waals surface area contributed by atoms with Crippen molar-refractivity contribution in [3.63, 3.8) is 0 Å². The van der Waals surface area contributed by atoms with Crippen LogP contribution in [0.5, 0.6) is 0 Å². The van der Waals surface area contributed by atoms with Gasteiger partial charge in [0.1, 0.15) is 6.54 Å². The van der Waals surface area contributed by atoms with E-state index in [4.69, 9.17) is 5.11 Å². The number of rotatable bonds is 4. The highest BCUT2D eigenvalue weighted by molar-refractivity contribution is 5.96. The number of likely N-dealkylation sites (N-methyl/N-ethyl adjacent to an activating group) is 1. The molecule has 1 aromatic rings. The first-order chi connectivity index (χ1) is 10.1. The number of nitrogens with zero attached hydrogens (tertiary/aromatic N) is 3. The van der Waals surface area contributed by atoms with Gasteiger partial charge in [0.15, 0.2) is 0 Å². The third-order valence-electron chi connectivity index (χ3n) is 3.68. The second-order valence-corrected chi connectivity index (χ2v) is 5.02. The van der Waals surface area contributed by atoms with Gasteiger partial charge in [-0.2, -0.15) is 0 Å². The summed E-state index contributed by atoms with van der Waals surface area (Å²) in [6, 6.07) is 8.71. The zero-order valence-corrected chi connectivity index (χ0v) is 12.2. The summed E-state index contributed by atoms with van der Waals surface area (Å²) in [5.74, 6) is -1.01. The van der Waals surface area contributed by atoms with Crippen LogP contribution in [0.2, 0.25) is 0 Å². The summed E-state index contributed by atoms with van der Waals surface area (Å²) in [6.07, 6.45) is 0. The third-order valence-corrected chi connectivity index (χ3v) is 3.68. The van der Waals surface area contributed by atoms with Gasteiger partial charge in [-0.1, -0.05) is 25.1 Å². The topological polar surface area (TPSA) is 64.1 Å². The highest BCUT2D eigenvalue weighted by Crippen LogP contribution is 2.16. The standard InChI is InChI=1S/C15H21N3O3/c1-2-16-8-10-17(11-9-16)15(21)18(12-14(19)20)13-6-4-3-5-7-13/h3-7H,2,8-12H2,1H3,(H,19,20). The smallest absolute Gasteiger partial charge is 0.325 e. The SMILES string of the molecule is CCN1CCN(C(=O)N(CC(=O)O)c2ccccc2)CC1. The number of benzene rings is 1. The molecule has 1 aromatic carbocycles. The van der Waals surface area contributed by atoms with Crippen LogP contribution in [-0.2, 0) is 4.79 Å². The molecule has 1 heterocycles. The Morgan fingerprint density at radius 1 is 1.14 bits per heavy atom. The molecule has 1 fully saturated rings. The van der Waals surface area contributed by atoms with Crippen molar-refractivity contribution in [1.82, 2.24) is 9.80 Å². The number of hydrogen-bond donors (Lipinski definition) is 1. The molecule has 1 aliphatic heterocycles. The lowest BCUT2D eigenvalue weighted by atomic mass is 10.2. The van der Waals surface area contributed by atoms with Crippen molar-refractivity contribution in [2.24, 2.45) is 0 Å². The van der Waals surface area contributed by atoms with Crippen LogP contribution >= 0.6 is 0 Å². The number of amides is 2. The molecule has 1 aliphatic rings. The van der Waals surface area contributed by atoms with Crippen LogP contribution in [0.4, 0.5) is 10.5 Å². The number of anilines is 1. The Balaban J connectivity index is 2.10. The fourth-order valence-electron chi connectivity index (χ4n) is 2.44. The maximum Gasteiger partial charge on any atom is 0.325 e. The number of para-hydroxylation sites is 1. The lowest BCUT2D eigenvalue weighted by molar-refractivity contribution is -0.135. The summed E-state index contributed by atoms with van der Waals surface area (Å²) in [6.45, 7) is 5.68. The first-order valence-electron chi connectivity index (χ1n) is 7.17. The molecule has 0 atom stereocenters. The van der Waals surface area contributed by atoms with Crippen LogP contribution in [0.25, 0.3) is 0 Å². The Kier molecular flexibility index (Phi) is 5.16. The van der Waals surface area contributed by atoms with Crippen LogP contribution in [0.15, 0.2) is 30.3 Å². The lowest BCUT2D eigenvalue weighted by Crippen LogP contribution is -2.53. The molecule has 0 unspecified atom stereocenters. The van der Waals surface area contributed by atoms with Gasteiger partial charge in [0.2, 0.25) is 0 Å². The van der Waals surface area contributed by atoms with Crippen molar-refractivity contribution in [2.75, 3.05) is 44.2 Å². The molecular weight excluding hydrogens is 270 g/mol. The van der Waals surface area contributed by atoms with E-state index < -0.39 is 5.97 Å². The van der Waals surface area contributed by atoms with E-state index in [0.717, 1.165) is 19.6 Å². The summed E-state index contributed by atoms with van der Waals surface area (Å²) in [5.41, 5.74) is 0.614. The van der Waals surface area contributed by atoms with E-state index in [1.54, 1.807) is 29.2 Å². The van der Waals surface area contributed by atoms with Crippen LogP contribution in [0, 0.1) is 0 Å². The van der Waals surface area contributed by atoms with Crippen LogP contribution in [0.1, 0.15) is 6.92 Å². The van der Waals surface area contributed by atoms with E-state index in [0.29, 0.717) is 18.8 Å². The molecule has 0 bridgehead atoms. The van der Waals surface area contributed by atoms with Crippen molar-refractivity contribution in [3.05, 3.63) is 30.3 Å². The number of carbonyl (C=O) groups excluding carboxylic acids is 1. The summed E-state index contributed by atoms with van der Waals surface area (Å²) >= 11 is 0. The molecule has 0 radical (unpaired) electrons. The van der Waals surface area contributed by atoms with Crippen molar-refractivity contribution in [2.45, 2.75) is 6.92 Å². The average molecular weight is 291 g/mol. The molecule has 0 saturated carbocycles. The molecule has 1 N–H and O–H groups in total. The molecule has 0 aliphatic carbocycles. The summed E-state index contributed by atoms with van der Waals surface area (Å²) < 4.78 is 0. The van der Waals surface area contributed by atoms with E-state index >= 15 is 0 Å². The van der Waals surface area contributed by atoms with E-state index in [2.05, 4.69) is 11.8 Å². The largest absolute Gasteiger partial charge is 0.480 e. The zero-order valence-electron chi connectivity index (χ0n) is 12.2. The number of carbonyl (C=O) groups is 2. The third kappa shape index (κ3) is 3.95. The van der Waals surface area contributed by atoms with Crippen molar-refractivity contribution >= 4 is 17.7 Å². The first kappa shape index (κ1) is 15.3. The van der Waals surface area contributed by atoms with E-state index in [1.165, 1.54) is 4.90 Å². The minimum Gasteiger partial charge on any atom is -0.480 e. The molecule has 6 nitrogen and oxygen atoms in total. The summed E-state index contributed by atoms with van der Waals surface area (Å²) in [4.78, 5) is 29.0. The fourth-order valence-corrected chi connectivity index (χ4v) is 2.44. The van der Waals surface area contributed by atoms with Crippen LogP contribution in [-0.4, -0.2) is 66.2 Å². The number of piperazine rings is 1. The first-order valence-corrected chi connectivity index (χ1v) is 7.17. The average Bonchev–Trinajstić information content (AvgIpc) is 2.53. The molecular formula is C15H21N3O3. The minimum absolute atomic E-state index is 0.237. The number of urea groups is 1. The highest BCUT2D eigenvalue weighted by atomic mass is 16.4. The molecule has 2 rings (SSSR count). The Hall–Kier alpha value is -2.08. The zero-order chi connectivity index (χ0) is 15.2. The van der Waals surface area contributed by atoms with E-state index in [9.17, 15) is 9.59 Å². The Morgan fingerprint density at radius 3 is 2.29 bits per heavy atom. The van der Waals surface area contributed by atoms with Gasteiger partial charge in [-0.15, -0.1) is 0 Å². The van der Waals surface area contributed by atoms with Gasteiger partial charge < -0.3 is 14.9 Å². The molecule has 0 aromatic heterocycles. The quantitative estimate of drug-likeness (QED) is 0.909. The Labute approximate surface area is 124 Å². The predicted octanol–water partition coefficient (Wildman–Crippen LogP) is 1.34. The van der Waals surface area contributed by atoms with E-state index in [1.807, 2.05) is 6.07 Å². The van der Waals surface area contributed by atoms with Crippen LogP contribution < -0.4 is 4.90 Å². The number of carboxylic acids is 1. The predicted molar refractivity (Wildman–Crippen MR) is 80.5 cm³/mol. The lowest BCUT2D eigenvalue weighted by Gasteiger charge is -2.36. The summed E-state index contributed by atoms with van der Waals surface area (Å²) in [5, 5.41) is 9.05. The van der Waals surface area contributed by atoms with Gasteiger partial charge in [-0.25, -0.2) is 4.79 Å². The summed E-state index contributed by atoms with van der Waals surface area (Å²) in [7, 11) is 0. The monoisotopic (exact) mass is 291 g/mol. The minimum atomic E-state index is -1.01. The van der Waals surface area contributed by atoms with Crippen molar-refractivity contribution in [3.8, 4) is 0 Å². The second-order valence-electron chi connectivity index (χ2n) is 5.02. The molecule has 6 heteroatoms. The molecule has 21 heavy (non-hydrogen) atoms. The van der Waals surface area contributed by atoms with Gasteiger partial charge in [-0.05, 0) is 18.7 Å². The fraction of sp³-hybridized carbons (Fsp3) is 0.467. The number of carboxylic acid groups (broad SMARTS) is 1. The Morgan fingerprint density at radius 2 is 1.76 bits per heavy atom. The maximum absolute atomic E-state index is 12.6. The van der Waals surface area contributed by atoms with Gasteiger partial charge in [0.25, 0.3) is 0 Å². The maximum atomic E-state index is 12.6. The second kappa shape index (κ2) is 7.08. The molecule has 2 amide bonds. The number of hydrogen-bond acceptors (Lipinski definition) is 3. The van der Waals surface area contributed by atoms with Crippen LogP contribution in [0.3, 0.4) is 0 Å². The molecule has 114 valence electrons. The molecule has 1 saturated heterocycles. The highest BCUT2D eigenvalue weighted by Gasteiger charge is 2.26. The van der Waals surface area contributed by atoms with Crippen molar-refractivity contribution < 1.29 is 14.7 Å². The van der Waals surface area contributed by atoms with E-state index in [-0.39, 0.29) is 12.6 Å². The number of aliphatic carboxylic acids is 1. The van der Waals surface area contributed by atoms with Crippen molar-refractivity contribution in [1.29, 1.82) is 0 Å².